The lowest BCUT2D eigenvalue weighted by atomic mass is 10.5. The summed E-state index contributed by atoms with van der Waals surface area (Å²) < 4.78 is 4.81. The molecule has 0 unspecified atom stereocenters. The molecule has 0 bridgehead atoms. The van der Waals surface area contributed by atoms with Crippen LogP contribution in [0.2, 0.25) is 0 Å². The van der Waals surface area contributed by atoms with E-state index in [1.807, 2.05) is 0 Å². The van der Waals surface area contributed by atoms with Gasteiger partial charge in [0.05, 0.1) is 14.1 Å². The Morgan fingerprint density at radius 3 is 2.40 bits per heavy atom. The Balaban J connectivity index is 3.82. The Hall–Kier alpha value is -1.34. The third-order valence-corrected chi connectivity index (χ3v) is 1.61. The molecule has 2 amide bonds. The number of carbonyl (C=O) groups is 2. The van der Waals surface area contributed by atoms with Gasteiger partial charge in [-0.05, 0) is 0 Å². The average molecular weight is 220 g/mol. The Bertz CT molecular complexity index is 230. The van der Waals surface area contributed by atoms with Gasteiger partial charge >= 0.3 is 12.0 Å². The number of amides is 2. The Labute approximate surface area is 88.6 Å². The van der Waals surface area contributed by atoms with Crippen molar-refractivity contribution >= 4 is 12.0 Å². The number of nitrogens with one attached hydrogen (secondary N) is 2. The number of carboxylic acids is 1. The molecule has 0 atom stereocenters. The van der Waals surface area contributed by atoms with Crippen molar-refractivity contribution in [3.63, 3.8) is 0 Å². The lowest BCUT2D eigenvalue weighted by Gasteiger charge is -2.27. The highest BCUT2D eigenvalue weighted by atomic mass is 16.5. The van der Waals surface area contributed by atoms with Crippen LogP contribution in [0.1, 0.15) is 0 Å². The number of carbonyl (C=O) groups excluding carboxylic acids is 1. The van der Waals surface area contributed by atoms with Crippen molar-refractivity contribution in [1.29, 1.82) is 0 Å². The van der Waals surface area contributed by atoms with Crippen LogP contribution in [0.4, 0.5) is 4.79 Å². The molecule has 0 radical (unpaired) electrons. The minimum absolute atomic E-state index is 0.0510. The lowest BCUT2D eigenvalue weighted by Crippen LogP contribution is -2.52. The summed E-state index contributed by atoms with van der Waals surface area (Å²) in [6.07, 6.45) is 0. The second-order valence-electron chi connectivity index (χ2n) is 3.76. The number of hydrogen-bond acceptors (Lipinski definition) is 3. The van der Waals surface area contributed by atoms with Gasteiger partial charge in [-0.2, -0.15) is 0 Å². The van der Waals surface area contributed by atoms with Crippen molar-refractivity contribution in [1.82, 2.24) is 10.6 Å². The Morgan fingerprint density at radius 1 is 1.33 bits per heavy atom. The fraction of sp³-hybridized carbons (Fsp3) is 0.750. The van der Waals surface area contributed by atoms with E-state index >= 15 is 0 Å². The molecule has 0 aromatic heterocycles. The van der Waals surface area contributed by atoms with Crippen molar-refractivity contribution < 1.29 is 23.9 Å². The van der Waals surface area contributed by atoms with Crippen molar-refractivity contribution in [2.24, 2.45) is 0 Å². The highest BCUT2D eigenvalue weighted by Gasteiger charge is 2.19. The topological polar surface area (TPSA) is 87.7 Å². The van der Waals surface area contributed by atoms with E-state index < -0.39 is 5.97 Å². The van der Waals surface area contributed by atoms with Crippen LogP contribution in [0.25, 0.3) is 0 Å². The van der Waals surface area contributed by atoms with E-state index in [9.17, 15) is 9.59 Å². The number of likely N-dealkylation sites (N-methyl/N-ethyl adjacent to an activating group) is 1. The van der Waals surface area contributed by atoms with Gasteiger partial charge in [0.1, 0.15) is 6.73 Å². The van der Waals surface area contributed by atoms with E-state index in [0.29, 0.717) is 0 Å². The molecule has 0 rings (SSSR count). The predicted octanol–water partition coefficient (Wildman–Crippen LogP) is -0.992. The summed E-state index contributed by atoms with van der Waals surface area (Å²) in [6.45, 7) is 0.310. The summed E-state index contributed by atoms with van der Waals surface area (Å²) in [7, 11) is 4.89. The molecule has 0 spiro atoms. The molecule has 0 aliphatic rings. The number of urea groups is 1. The molecule has 0 heterocycles. The number of methoxy groups -OCH3 is 1. The van der Waals surface area contributed by atoms with Gasteiger partial charge in [-0.15, -0.1) is 0 Å². The minimum Gasteiger partial charge on any atom is -0.477 e. The van der Waals surface area contributed by atoms with Crippen molar-refractivity contribution in [2.75, 3.05) is 41.1 Å². The van der Waals surface area contributed by atoms with Crippen LogP contribution in [0, 0.1) is 0 Å². The van der Waals surface area contributed by atoms with Crippen LogP contribution in [0.3, 0.4) is 0 Å². The molecular formula is C8H18N3O4+. The summed E-state index contributed by atoms with van der Waals surface area (Å²) >= 11 is 0. The first-order chi connectivity index (χ1) is 6.87. The number of nitrogens with zero attached hydrogens (tertiary/aromatic N) is 1. The van der Waals surface area contributed by atoms with Gasteiger partial charge in [-0.1, -0.05) is 0 Å². The molecule has 0 saturated heterocycles. The maximum atomic E-state index is 11.1. The van der Waals surface area contributed by atoms with E-state index in [1.165, 1.54) is 7.11 Å². The van der Waals surface area contributed by atoms with Crippen LogP contribution in [-0.4, -0.2) is 62.7 Å². The SMILES string of the molecule is COCNC(=O)NC[N+](C)(C)CC(=O)O. The largest absolute Gasteiger partial charge is 0.477 e. The Morgan fingerprint density at radius 2 is 1.93 bits per heavy atom. The van der Waals surface area contributed by atoms with Crippen molar-refractivity contribution in [2.45, 2.75) is 0 Å². The molecule has 0 aliphatic carbocycles. The van der Waals surface area contributed by atoms with Crippen LogP contribution in [0.15, 0.2) is 0 Å². The van der Waals surface area contributed by atoms with Gasteiger partial charge < -0.3 is 19.6 Å². The summed E-state index contributed by atoms with van der Waals surface area (Å²) in [5.41, 5.74) is 0. The summed E-state index contributed by atoms with van der Waals surface area (Å²) in [5.74, 6) is -0.904. The second-order valence-corrected chi connectivity index (χ2v) is 3.76. The average Bonchev–Trinajstić information content (AvgIpc) is 2.09. The standard InChI is InChI=1S/C8H17N3O4/c1-11(2,4-7(12)13)5-9-8(14)10-6-15-3/h4-6H2,1-3H3,(H2-,9,10,12,13,14)/p+1. The van der Waals surface area contributed by atoms with Crippen LogP contribution in [-0.2, 0) is 9.53 Å². The van der Waals surface area contributed by atoms with Crippen LogP contribution < -0.4 is 10.6 Å². The maximum absolute atomic E-state index is 11.1. The number of ether oxygens (including phenoxy) is 1. The van der Waals surface area contributed by atoms with E-state index in [2.05, 4.69) is 15.4 Å². The third kappa shape index (κ3) is 7.71. The van der Waals surface area contributed by atoms with Gasteiger partial charge in [0.25, 0.3) is 0 Å². The molecule has 0 aromatic carbocycles. The van der Waals surface area contributed by atoms with E-state index in [0.717, 1.165) is 0 Å². The molecule has 0 aliphatic heterocycles. The number of aliphatic carboxylic acids is 1. The van der Waals surface area contributed by atoms with Gasteiger partial charge in [0.2, 0.25) is 0 Å². The normalized spacial score (nSPS) is 10.9. The molecule has 88 valence electrons. The van der Waals surface area contributed by atoms with Crippen molar-refractivity contribution in [3.05, 3.63) is 0 Å². The number of hydrogen-bond donors (Lipinski definition) is 3. The van der Waals surface area contributed by atoms with E-state index in [4.69, 9.17) is 5.11 Å². The second kappa shape index (κ2) is 6.20. The van der Waals surface area contributed by atoms with Crippen LogP contribution in [0.5, 0.6) is 0 Å². The first-order valence-electron chi connectivity index (χ1n) is 4.42. The van der Waals surface area contributed by atoms with Crippen LogP contribution >= 0.6 is 0 Å². The predicted molar refractivity (Wildman–Crippen MR) is 53.0 cm³/mol. The number of rotatable bonds is 6. The van der Waals surface area contributed by atoms with E-state index in [-0.39, 0.29) is 30.5 Å². The highest BCUT2D eigenvalue weighted by molar-refractivity contribution is 5.73. The van der Waals surface area contributed by atoms with Gasteiger partial charge in [0, 0.05) is 7.11 Å². The van der Waals surface area contributed by atoms with Gasteiger partial charge in [-0.25, -0.2) is 9.59 Å². The molecule has 7 heteroatoms. The molecular weight excluding hydrogens is 202 g/mol. The monoisotopic (exact) mass is 220 g/mol. The first kappa shape index (κ1) is 13.7. The summed E-state index contributed by atoms with van der Waals surface area (Å²) in [6, 6.07) is -0.381. The molecule has 7 nitrogen and oxygen atoms in total. The molecule has 15 heavy (non-hydrogen) atoms. The fourth-order valence-corrected chi connectivity index (χ4v) is 0.908. The molecule has 0 saturated carbocycles. The summed E-state index contributed by atoms with van der Waals surface area (Å²) in [4.78, 5) is 21.5. The van der Waals surface area contributed by atoms with Crippen molar-refractivity contribution in [3.8, 4) is 0 Å². The Kier molecular flexibility index (Phi) is 5.65. The lowest BCUT2D eigenvalue weighted by molar-refractivity contribution is -0.884. The molecule has 0 fully saturated rings. The zero-order valence-corrected chi connectivity index (χ0v) is 9.24. The third-order valence-electron chi connectivity index (χ3n) is 1.61. The zero-order chi connectivity index (χ0) is 11.9. The highest BCUT2D eigenvalue weighted by Crippen LogP contribution is 1.92. The van der Waals surface area contributed by atoms with Gasteiger partial charge in [0.15, 0.2) is 13.2 Å². The molecule has 3 N–H and O–H groups in total. The number of carboxylic acid groups (broad SMARTS) is 1. The smallest absolute Gasteiger partial charge is 0.359 e. The quantitative estimate of drug-likeness (QED) is 0.396. The maximum Gasteiger partial charge on any atom is 0.359 e. The summed E-state index contributed by atoms with van der Waals surface area (Å²) in [5, 5.41) is 13.6. The van der Waals surface area contributed by atoms with Gasteiger partial charge in [-0.3, -0.25) is 5.32 Å². The number of quaternary nitrogens is 1. The molecule has 0 aromatic rings. The first-order valence-corrected chi connectivity index (χ1v) is 4.42. The van der Waals surface area contributed by atoms with E-state index in [1.54, 1.807) is 14.1 Å². The fourth-order valence-electron chi connectivity index (χ4n) is 0.908. The zero-order valence-electron chi connectivity index (χ0n) is 9.24. The minimum atomic E-state index is -0.904.